The molecule has 0 unspecified atom stereocenters. The molecule has 0 atom stereocenters. The lowest BCUT2D eigenvalue weighted by atomic mass is 9.74. The Morgan fingerprint density at radius 1 is 0.789 bits per heavy atom. The van der Waals surface area contributed by atoms with Crippen molar-refractivity contribution >= 4 is 11.6 Å². The van der Waals surface area contributed by atoms with Crippen molar-refractivity contribution in [2.75, 3.05) is 0 Å². The number of Topliss-reactive ketones (excluding diaryl/α,β-unsaturated/α-hetero) is 2. The quantitative estimate of drug-likeness (QED) is 0.765. The lowest BCUT2D eigenvalue weighted by Crippen LogP contribution is -2.37. The van der Waals surface area contributed by atoms with Crippen LogP contribution >= 0.6 is 0 Å². The van der Waals surface area contributed by atoms with Crippen molar-refractivity contribution in [1.82, 2.24) is 0 Å². The summed E-state index contributed by atoms with van der Waals surface area (Å²) in [6.07, 6.45) is 0.489. The Morgan fingerprint density at radius 3 is 1.74 bits per heavy atom. The summed E-state index contributed by atoms with van der Waals surface area (Å²) in [7, 11) is 0. The topological polar surface area (TPSA) is 34.1 Å². The highest BCUT2D eigenvalue weighted by Crippen LogP contribution is 2.41. The number of fused-ring (bicyclic) bond motifs is 1. The summed E-state index contributed by atoms with van der Waals surface area (Å²) in [4.78, 5) is 25.5. The summed E-state index contributed by atoms with van der Waals surface area (Å²) in [5, 5.41) is 0. The second-order valence-electron chi connectivity index (χ2n) is 4.83. The molecule has 0 heterocycles. The molecule has 3 rings (SSSR count). The van der Waals surface area contributed by atoms with Crippen LogP contribution < -0.4 is 0 Å². The minimum Gasteiger partial charge on any atom is -0.293 e. The van der Waals surface area contributed by atoms with E-state index >= 15 is 0 Å². The van der Waals surface area contributed by atoms with E-state index in [0.29, 0.717) is 17.5 Å². The van der Waals surface area contributed by atoms with Gasteiger partial charge in [-0.25, -0.2) is 0 Å². The van der Waals surface area contributed by atoms with Gasteiger partial charge in [0.25, 0.3) is 0 Å². The van der Waals surface area contributed by atoms with Crippen LogP contribution in [0.25, 0.3) is 0 Å². The molecule has 2 heteroatoms. The average molecular weight is 250 g/mol. The lowest BCUT2D eigenvalue weighted by Gasteiger charge is -2.24. The molecule has 0 amide bonds. The molecule has 0 spiro atoms. The first-order valence-corrected chi connectivity index (χ1v) is 6.46. The largest absolute Gasteiger partial charge is 0.293 e. The highest BCUT2D eigenvalue weighted by Gasteiger charge is 2.52. The summed E-state index contributed by atoms with van der Waals surface area (Å²) in [5.41, 5.74) is 0.880. The van der Waals surface area contributed by atoms with Crippen LogP contribution in [0.5, 0.6) is 0 Å². The third-order valence-corrected chi connectivity index (χ3v) is 3.99. The maximum atomic E-state index is 12.7. The molecular formula is C17H14O2. The summed E-state index contributed by atoms with van der Waals surface area (Å²) < 4.78 is 0. The van der Waals surface area contributed by atoms with E-state index in [0.717, 1.165) is 5.56 Å². The number of hydrogen-bond donors (Lipinski definition) is 0. The monoisotopic (exact) mass is 250 g/mol. The van der Waals surface area contributed by atoms with Crippen LogP contribution in [-0.4, -0.2) is 11.6 Å². The van der Waals surface area contributed by atoms with Gasteiger partial charge in [-0.05, 0) is 12.0 Å². The first-order chi connectivity index (χ1) is 9.21. The highest BCUT2D eigenvalue weighted by atomic mass is 16.2. The molecule has 19 heavy (non-hydrogen) atoms. The van der Waals surface area contributed by atoms with Gasteiger partial charge >= 0.3 is 0 Å². The van der Waals surface area contributed by atoms with Gasteiger partial charge in [-0.1, -0.05) is 61.5 Å². The third kappa shape index (κ3) is 1.43. The summed E-state index contributed by atoms with van der Waals surface area (Å²) in [6.45, 7) is 1.90. The van der Waals surface area contributed by atoms with Crippen molar-refractivity contribution in [3.05, 3.63) is 71.3 Å². The molecule has 0 saturated heterocycles. The van der Waals surface area contributed by atoms with Crippen molar-refractivity contribution in [3.8, 4) is 0 Å². The molecule has 94 valence electrons. The number of ketones is 2. The molecule has 0 saturated carbocycles. The van der Waals surface area contributed by atoms with Gasteiger partial charge in [0, 0.05) is 11.1 Å². The number of rotatable bonds is 2. The van der Waals surface area contributed by atoms with Crippen molar-refractivity contribution in [3.63, 3.8) is 0 Å². The van der Waals surface area contributed by atoms with Crippen LogP contribution in [0.2, 0.25) is 0 Å². The minimum atomic E-state index is -1.02. The van der Waals surface area contributed by atoms with Gasteiger partial charge in [0.05, 0.1) is 0 Å². The SMILES string of the molecule is CCC1(c2ccccc2)C(=O)c2ccccc2C1=O. The Morgan fingerprint density at radius 2 is 1.26 bits per heavy atom. The number of carbonyl (C=O) groups excluding carboxylic acids is 2. The Kier molecular flexibility index (Phi) is 2.59. The molecular weight excluding hydrogens is 236 g/mol. The zero-order chi connectivity index (χ0) is 13.5. The Labute approximate surface area is 112 Å². The van der Waals surface area contributed by atoms with E-state index in [4.69, 9.17) is 0 Å². The summed E-state index contributed by atoms with van der Waals surface area (Å²) in [5.74, 6) is -0.136. The fourth-order valence-corrected chi connectivity index (χ4v) is 2.95. The zero-order valence-corrected chi connectivity index (χ0v) is 10.7. The second kappa shape index (κ2) is 4.16. The van der Waals surface area contributed by atoms with E-state index < -0.39 is 5.41 Å². The van der Waals surface area contributed by atoms with Gasteiger partial charge in [-0.2, -0.15) is 0 Å². The first-order valence-electron chi connectivity index (χ1n) is 6.46. The molecule has 1 aliphatic carbocycles. The van der Waals surface area contributed by atoms with E-state index in [2.05, 4.69) is 0 Å². The predicted octanol–water partition coefficient (Wildman–Crippen LogP) is 3.41. The van der Waals surface area contributed by atoms with Crippen molar-refractivity contribution in [2.45, 2.75) is 18.8 Å². The van der Waals surface area contributed by atoms with Gasteiger partial charge < -0.3 is 0 Å². The van der Waals surface area contributed by atoms with Gasteiger partial charge in [0.15, 0.2) is 11.6 Å². The normalized spacial score (nSPS) is 16.5. The Hall–Kier alpha value is -2.22. The Balaban J connectivity index is 2.26. The van der Waals surface area contributed by atoms with Crippen LogP contribution in [-0.2, 0) is 5.41 Å². The number of benzene rings is 2. The molecule has 0 fully saturated rings. The molecule has 2 nitrogen and oxygen atoms in total. The van der Waals surface area contributed by atoms with Gasteiger partial charge in [-0.15, -0.1) is 0 Å². The standard InChI is InChI=1S/C17H14O2/c1-2-17(12-8-4-3-5-9-12)15(18)13-10-6-7-11-14(13)16(17)19/h3-11H,2H2,1H3. The number of hydrogen-bond acceptors (Lipinski definition) is 2. The van der Waals surface area contributed by atoms with Gasteiger partial charge in [-0.3, -0.25) is 9.59 Å². The van der Waals surface area contributed by atoms with Crippen LogP contribution in [0.15, 0.2) is 54.6 Å². The minimum absolute atomic E-state index is 0.0678. The molecule has 0 radical (unpaired) electrons. The first kappa shape index (κ1) is 11.8. The molecule has 2 aromatic carbocycles. The second-order valence-corrected chi connectivity index (χ2v) is 4.83. The molecule has 0 aliphatic heterocycles. The fraction of sp³-hybridized carbons (Fsp3) is 0.176. The number of carbonyl (C=O) groups is 2. The van der Waals surface area contributed by atoms with Crippen LogP contribution in [0.1, 0.15) is 39.6 Å². The van der Waals surface area contributed by atoms with Gasteiger partial charge in [0.2, 0.25) is 0 Å². The summed E-state index contributed by atoms with van der Waals surface area (Å²) in [6, 6.07) is 16.5. The summed E-state index contributed by atoms with van der Waals surface area (Å²) >= 11 is 0. The maximum Gasteiger partial charge on any atom is 0.181 e. The molecule has 1 aliphatic rings. The average Bonchev–Trinajstić information content (AvgIpc) is 2.70. The van der Waals surface area contributed by atoms with Gasteiger partial charge in [0.1, 0.15) is 5.41 Å². The lowest BCUT2D eigenvalue weighted by molar-refractivity contribution is 0.0789. The van der Waals surface area contributed by atoms with Crippen molar-refractivity contribution in [2.24, 2.45) is 0 Å². The van der Waals surface area contributed by atoms with E-state index in [9.17, 15) is 9.59 Å². The fourth-order valence-electron chi connectivity index (χ4n) is 2.95. The maximum absolute atomic E-state index is 12.7. The third-order valence-electron chi connectivity index (χ3n) is 3.99. The van der Waals surface area contributed by atoms with E-state index in [1.807, 2.05) is 37.3 Å². The van der Waals surface area contributed by atoms with E-state index in [-0.39, 0.29) is 11.6 Å². The molecule has 0 aromatic heterocycles. The molecule has 0 N–H and O–H groups in total. The van der Waals surface area contributed by atoms with E-state index in [1.54, 1.807) is 24.3 Å². The zero-order valence-electron chi connectivity index (χ0n) is 10.7. The molecule has 2 aromatic rings. The predicted molar refractivity (Wildman–Crippen MR) is 73.5 cm³/mol. The highest BCUT2D eigenvalue weighted by molar-refractivity contribution is 6.33. The molecule has 0 bridgehead atoms. The Bertz CT molecular complexity index is 621. The smallest absolute Gasteiger partial charge is 0.181 e. The van der Waals surface area contributed by atoms with Crippen LogP contribution in [0.4, 0.5) is 0 Å². The van der Waals surface area contributed by atoms with Crippen LogP contribution in [0, 0.1) is 0 Å². The van der Waals surface area contributed by atoms with Crippen LogP contribution in [0.3, 0.4) is 0 Å². The van der Waals surface area contributed by atoms with Crippen molar-refractivity contribution in [1.29, 1.82) is 0 Å². The van der Waals surface area contributed by atoms with Crippen molar-refractivity contribution < 1.29 is 9.59 Å². The van der Waals surface area contributed by atoms with E-state index in [1.165, 1.54) is 0 Å².